The second-order valence-electron chi connectivity index (χ2n) is 10.3. The van der Waals surface area contributed by atoms with Crippen molar-refractivity contribution in [3.63, 3.8) is 0 Å². The van der Waals surface area contributed by atoms with Gasteiger partial charge in [0, 0.05) is 25.2 Å². The maximum Gasteiger partial charge on any atom is 0.296 e. The summed E-state index contributed by atoms with van der Waals surface area (Å²) in [5.41, 5.74) is 2.57. The molecule has 0 N–H and O–H groups in total. The van der Waals surface area contributed by atoms with Crippen LogP contribution < -0.4 is 4.90 Å². The number of nitro benzene ring substituents is 2. The molecule has 6 rings (SSSR count). The monoisotopic (exact) mass is 594 g/mol. The number of rotatable bonds is 7. The van der Waals surface area contributed by atoms with Gasteiger partial charge >= 0.3 is 0 Å². The number of hydrogen-bond acceptors (Lipinski definition) is 10. The molecule has 2 aromatic heterocycles. The second-order valence-corrected chi connectivity index (χ2v) is 13.0. The van der Waals surface area contributed by atoms with E-state index in [0.29, 0.717) is 38.8 Å². The van der Waals surface area contributed by atoms with E-state index >= 15 is 0 Å². The van der Waals surface area contributed by atoms with Crippen molar-refractivity contribution in [2.45, 2.75) is 49.6 Å². The number of sulfonamides is 1. The van der Waals surface area contributed by atoms with Crippen molar-refractivity contribution in [1.82, 2.24) is 14.3 Å². The van der Waals surface area contributed by atoms with Crippen LogP contribution in [0.4, 0.5) is 17.2 Å². The molecule has 2 aromatic carbocycles. The highest BCUT2D eigenvalue weighted by Crippen LogP contribution is 2.44. The average Bonchev–Trinajstić information content (AvgIpc) is 3.57. The minimum Gasteiger partial charge on any atom is -0.355 e. The van der Waals surface area contributed by atoms with Gasteiger partial charge in [-0.15, -0.1) is 11.3 Å². The molecule has 0 amide bonds. The van der Waals surface area contributed by atoms with E-state index in [-0.39, 0.29) is 0 Å². The minimum atomic E-state index is -4.43. The van der Waals surface area contributed by atoms with Gasteiger partial charge in [0.2, 0.25) is 0 Å². The molecule has 3 heterocycles. The minimum absolute atomic E-state index is 0.440. The molecular weight excluding hydrogens is 568 g/mol. The number of aryl methyl sites for hydroxylation is 2. The Balaban J connectivity index is 1.38. The van der Waals surface area contributed by atoms with E-state index in [0.717, 1.165) is 50.9 Å². The van der Waals surface area contributed by atoms with Crippen LogP contribution in [0.5, 0.6) is 0 Å². The van der Waals surface area contributed by atoms with Gasteiger partial charge < -0.3 is 4.90 Å². The zero-order valence-electron chi connectivity index (χ0n) is 22.0. The van der Waals surface area contributed by atoms with Crippen LogP contribution >= 0.6 is 11.3 Å². The summed E-state index contributed by atoms with van der Waals surface area (Å²) in [5.74, 6) is 0.818. The number of thiophene rings is 1. The van der Waals surface area contributed by atoms with Crippen LogP contribution in [0.1, 0.15) is 42.0 Å². The molecular formula is C27H26N6O6S2. The Hall–Kier alpha value is -4.01. The number of aromatic nitrogens is 2. The Morgan fingerprint density at radius 2 is 1.78 bits per heavy atom. The molecule has 1 aliphatic carbocycles. The average molecular weight is 595 g/mol. The van der Waals surface area contributed by atoms with Crippen molar-refractivity contribution in [1.29, 1.82) is 0 Å². The molecule has 1 saturated heterocycles. The van der Waals surface area contributed by atoms with E-state index in [1.54, 1.807) is 17.7 Å². The number of non-ortho nitro benzene ring substituents is 1. The smallest absolute Gasteiger partial charge is 0.296 e. The van der Waals surface area contributed by atoms with Crippen molar-refractivity contribution in [3.05, 3.63) is 91.1 Å². The fourth-order valence-electron chi connectivity index (χ4n) is 6.03. The summed E-state index contributed by atoms with van der Waals surface area (Å²) in [5, 5.41) is 25.3. The Labute approximate surface area is 239 Å². The zero-order chi connectivity index (χ0) is 28.9. The SMILES string of the molecule is Cc1csc2c(N3CCC(N(C4CCc5ccccc54)S(=O)(=O)c4ccc([N+](=O)[O-])cc4[N+](=O)[O-])CC3)ncnc12. The summed E-state index contributed by atoms with van der Waals surface area (Å²) in [7, 11) is -4.43. The van der Waals surface area contributed by atoms with Crippen LogP contribution in [0.2, 0.25) is 0 Å². The van der Waals surface area contributed by atoms with Crippen LogP contribution in [-0.4, -0.2) is 51.7 Å². The number of nitro groups is 2. The summed E-state index contributed by atoms with van der Waals surface area (Å²) in [6, 6.07) is 9.43. The predicted octanol–water partition coefficient (Wildman–Crippen LogP) is 5.16. The third-order valence-corrected chi connectivity index (χ3v) is 11.0. The van der Waals surface area contributed by atoms with Gasteiger partial charge in [0.15, 0.2) is 4.90 Å². The van der Waals surface area contributed by atoms with Crippen LogP contribution in [0.15, 0.2) is 59.1 Å². The first-order chi connectivity index (χ1) is 19.7. The summed E-state index contributed by atoms with van der Waals surface area (Å²) in [4.78, 5) is 32.2. The Bertz CT molecular complexity index is 1780. The Morgan fingerprint density at radius 3 is 2.51 bits per heavy atom. The lowest BCUT2D eigenvalue weighted by atomic mass is 10.0. The van der Waals surface area contributed by atoms with E-state index in [1.807, 2.05) is 36.6 Å². The van der Waals surface area contributed by atoms with Crippen molar-refractivity contribution >= 4 is 48.8 Å². The van der Waals surface area contributed by atoms with Crippen LogP contribution in [0, 0.1) is 27.2 Å². The highest BCUT2D eigenvalue weighted by atomic mass is 32.2. The molecule has 212 valence electrons. The lowest BCUT2D eigenvalue weighted by Crippen LogP contribution is -2.48. The van der Waals surface area contributed by atoms with E-state index in [9.17, 15) is 28.6 Å². The van der Waals surface area contributed by atoms with Gasteiger partial charge in [0.25, 0.3) is 21.4 Å². The van der Waals surface area contributed by atoms with E-state index in [1.165, 1.54) is 4.31 Å². The van der Waals surface area contributed by atoms with Crippen LogP contribution in [-0.2, 0) is 16.4 Å². The summed E-state index contributed by atoms with van der Waals surface area (Å²) in [6.07, 6.45) is 3.73. The molecule has 0 saturated carbocycles. The van der Waals surface area contributed by atoms with Gasteiger partial charge in [-0.05, 0) is 60.7 Å². The van der Waals surface area contributed by atoms with E-state index in [2.05, 4.69) is 14.9 Å². The molecule has 0 spiro atoms. The fourth-order valence-corrected chi connectivity index (χ4v) is 9.07. The number of benzene rings is 2. The second kappa shape index (κ2) is 10.4. The summed E-state index contributed by atoms with van der Waals surface area (Å²) in [6.45, 7) is 3.08. The molecule has 1 atom stereocenters. The summed E-state index contributed by atoms with van der Waals surface area (Å²) >= 11 is 1.58. The first kappa shape index (κ1) is 27.2. The molecule has 14 heteroatoms. The van der Waals surface area contributed by atoms with Crippen molar-refractivity contribution < 1.29 is 18.3 Å². The Kier molecular flexibility index (Phi) is 6.91. The van der Waals surface area contributed by atoms with Crippen LogP contribution in [0.3, 0.4) is 0 Å². The van der Waals surface area contributed by atoms with Gasteiger partial charge in [-0.2, -0.15) is 4.31 Å². The first-order valence-corrected chi connectivity index (χ1v) is 15.5. The maximum absolute atomic E-state index is 14.4. The third kappa shape index (κ3) is 4.71. The van der Waals surface area contributed by atoms with Gasteiger partial charge in [0.1, 0.15) is 12.1 Å². The molecule has 1 aliphatic heterocycles. The molecule has 4 aromatic rings. The third-order valence-electron chi connectivity index (χ3n) is 7.95. The Morgan fingerprint density at radius 1 is 1.02 bits per heavy atom. The lowest BCUT2D eigenvalue weighted by Gasteiger charge is -2.41. The number of fused-ring (bicyclic) bond motifs is 2. The molecule has 2 aliphatic rings. The van der Waals surface area contributed by atoms with Gasteiger partial charge in [-0.25, -0.2) is 18.4 Å². The molecule has 12 nitrogen and oxygen atoms in total. The number of piperidine rings is 1. The van der Waals surface area contributed by atoms with Crippen molar-refractivity contribution in [2.75, 3.05) is 18.0 Å². The van der Waals surface area contributed by atoms with Crippen molar-refractivity contribution in [3.8, 4) is 0 Å². The highest BCUT2D eigenvalue weighted by Gasteiger charge is 2.44. The van der Waals surface area contributed by atoms with Gasteiger partial charge in [0.05, 0.1) is 32.2 Å². The number of anilines is 1. The van der Waals surface area contributed by atoms with Crippen LogP contribution in [0.25, 0.3) is 10.2 Å². The fraction of sp³-hybridized carbons (Fsp3) is 0.333. The molecule has 41 heavy (non-hydrogen) atoms. The summed E-state index contributed by atoms with van der Waals surface area (Å²) < 4.78 is 31.2. The normalized spacial score (nSPS) is 17.7. The quantitative estimate of drug-likeness (QED) is 0.208. The van der Waals surface area contributed by atoms with E-state index in [4.69, 9.17) is 0 Å². The largest absolute Gasteiger partial charge is 0.355 e. The number of nitrogens with zero attached hydrogens (tertiary/aromatic N) is 6. The standard InChI is InChI=1S/C27H26N6O6S2/c1-17-15-40-26-25(17)28-16-29-27(26)30-12-10-19(11-13-30)31(22-8-6-18-4-2-3-5-21(18)22)41(38,39)24-9-7-20(32(34)35)14-23(24)33(36)37/h2-5,7,9,14-16,19,22H,6,8,10-13H2,1H3. The molecule has 1 unspecified atom stereocenters. The highest BCUT2D eigenvalue weighted by molar-refractivity contribution is 7.89. The predicted molar refractivity (Wildman–Crippen MR) is 154 cm³/mol. The first-order valence-electron chi connectivity index (χ1n) is 13.1. The molecule has 1 fully saturated rings. The van der Waals surface area contributed by atoms with Crippen molar-refractivity contribution in [2.24, 2.45) is 0 Å². The lowest BCUT2D eigenvalue weighted by molar-refractivity contribution is -0.396. The number of hydrogen-bond donors (Lipinski definition) is 0. The van der Waals surface area contributed by atoms with Gasteiger partial charge in [-0.3, -0.25) is 20.2 Å². The van der Waals surface area contributed by atoms with E-state index < -0.39 is 48.2 Å². The zero-order valence-corrected chi connectivity index (χ0v) is 23.7. The maximum atomic E-state index is 14.4. The van der Waals surface area contributed by atoms with Gasteiger partial charge in [-0.1, -0.05) is 24.3 Å². The molecule has 0 radical (unpaired) electrons. The topological polar surface area (TPSA) is 153 Å². The molecule has 0 bridgehead atoms.